The van der Waals surface area contributed by atoms with Crippen molar-refractivity contribution in [2.75, 3.05) is 5.32 Å². The van der Waals surface area contributed by atoms with Gasteiger partial charge in [-0.25, -0.2) is 4.39 Å². The predicted molar refractivity (Wildman–Crippen MR) is 96.0 cm³/mol. The quantitative estimate of drug-likeness (QED) is 0.637. The van der Waals surface area contributed by atoms with E-state index in [0.29, 0.717) is 12.1 Å². The molecule has 4 rings (SSSR count). The maximum absolute atomic E-state index is 14.0. The first-order valence-electron chi connectivity index (χ1n) is 9.26. The molecule has 4 N–H and O–H groups in total. The van der Waals surface area contributed by atoms with Crippen LogP contribution in [0.15, 0.2) is 18.2 Å². The first-order chi connectivity index (χ1) is 13.2. The molecule has 1 aromatic carbocycles. The van der Waals surface area contributed by atoms with Crippen LogP contribution in [-0.2, 0) is 24.7 Å². The number of carbonyl (C=O) groups excluding carboxylic acids is 4. The van der Waals surface area contributed by atoms with Crippen LogP contribution in [0.5, 0.6) is 0 Å². The molecule has 8 nitrogen and oxygen atoms in total. The molecule has 0 bridgehead atoms. The third-order valence-electron chi connectivity index (χ3n) is 6.16. The van der Waals surface area contributed by atoms with Crippen molar-refractivity contribution in [2.24, 2.45) is 17.6 Å². The fourth-order valence-electron chi connectivity index (χ4n) is 4.80. The Hall–Kier alpha value is -2.81. The van der Waals surface area contributed by atoms with Crippen LogP contribution >= 0.6 is 0 Å². The number of anilines is 1. The van der Waals surface area contributed by atoms with Gasteiger partial charge in [0, 0.05) is 29.8 Å². The molecular formula is C19H21FN4O4. The van der Waals surface area contributed by atoms with Crippen molar-refractivity contribution in [2.45, 2.75) is 44.3 Å². The predicted octanol–water partition coefficient (Wildman–Crippen LogP) is 0.220. The summed E-state index contributed by atoms with van der Waals surface area (Å²) in [6.45, 7) is 3.60. The zero-order chi connectivity index (χ0) is 20.4. The monoisotopic (exact) mass is 388 g/mol. The van der Waals surface area contributed by atoms with E-state index in [2.05, 4.69) is 10.6 Å². The lowest BCUT2D eigenvalue weighted by Gasteiger charge is -2.31. The Balaban J connectivity index is 1.90. The lowest BCUT2D eigenvalue weighted by molar-refractivity contribution is -0.145. The zero-order valence-corrected chi connectivity index (χ0v) is 15.5. The van der Waals surface area contributed by atoms with Crippen molar-refractivity contribution in [3.63, 3.8) is 0 Å². The number of imide groups is 1. The van der Waals surface area contributed by atoms with Crippen LogP contribution in [0.3, 0.4) is 0 Å². The van der Waals surface area contributed by atoms with E-state index >= 15 is 0 Å². The van der Waals surface area contributed by atoms with Gasteiger partial charge in [0.25, 0.3) is 0 Å². The number of rotatable bonds is 4. The lowest BCUT2D eigenvalue weighted by atomic mass is 9.76. The van der Waals surface area contributed by atoms with Crippen LogP contribution in [0.4, 0.5) is 10.1 Å². The van der Waals surface area contributed by atoms with Gasteiger partial charge in [-0.1, -0.05) is 6.92 Å². The number of nitrogens with zero attached hydrogens (tertiary/aromatic N) is 1. The van der Waals surface area contributed by atoms with Crippen LogP contribution in [0.2, 0.25) is 0 Å². The van der Waals surface area contributed by atoms with Gasteiger partial charge in [-0.2, -0.15) is 0 Å². The summed E-state index contributed by atoms with van der Waals surface area (Å²) in [4.78, 5) is 52.2. The molecule has 0 saturated carbocycles. The Labute approximate surface area is 160 Å². The van der Waals surface area contributed by atoms with E-state index in [1.165, 1.54) is 23.1 Å². The van der Waals surface area contributed by atoms with Crippen molar-refractivity contribution >= 4 is 29.3 Å². The van der Waals surface area contributed by atoms with Crippen LogP contribution in [0.25, 0.3) is 0 Å². The molecule has 9 heteroatoms. The molecule has 0 unspecified atom stereocenters. The minimum atomic E-state index is -1.61. The molecule has 148 valence electrons. The number of halogens is 1. The molecule has 5 atom stereocenters. The number of amides is 4. The van der Waals surface area contributed by atoms with Crippen molar-refractivity contribution < 1.29 is 23.6 Å². The van der Waals surface area contributed by atoms with Gasteiger partial charge >= 0.3 is 0 Å². The molecule has 28 heavy (non-hydrogen) atoms. The molecular weight excluding hydrogens is 367 g/mol. The summed E-state index contributed by atoms with van der Waals surface area (Å²) in [6.07, 6.45) is 0.337. The van der Waals surface area contributed by atoms with Crippen LogP contribution in [0.1, 0.15) is 32.3 Å². The number of likely N-dealkylation sites (tertiary alicyclic amines) is 1. The summed E-state index contributed by atoms with van der Waals surface area (Å²) in [6, 6.07) is 2.66. The molecule has 1 spiro atoms. The van der Waals surface area contributed by atoms with E-state index in [1.54, 1.807) is 6.92 Å². The molecule has 0 aromatic heterocycles. The third-order valence-corrected chi connectivity index (χ3v) is 6.16. The van der Waals surface area contributed by atoms with Gasteiger partial charge in [0.15, 0.2) is 0 Å². The summed E-state index contributed by atoms with van der Waals surface area (Å²) in [5.41, 5.74) is 4.38. The van der Waals surface area contributed by atoms with E-state index in [0.717, 1.165) is 0 Å². The van der Waals surface area contributed by atoms with E-state index in [9.17, 15) is 23.6 Å². The number of hydrogen-bond donors (Lipinski definition) is 3. The number of primary amides is 1. The maximum Gasteiger partial charge on any atom is 0.250 e. The van der Waals surface area contributed by atoms with Crippen molar-refractivity contribution in [3.8, 4) is 0 Å². The second-order valence-electron chi connectivity index (χ2n) is 7.68. The number of nitrogens with two attached hydrogens (primary N) is 1. The molecule has 0 aliphatic carbocycles. The Morgan fingerprint density at radius 3 is 2.68 bits per heavy atom. The molecule has 3 aliphatic rings. The van der Waals surface area contributed by atoms with Crippen molar-refractivity contribution in [1.82, 2.24) is 10.2 Å². The maximum atomic E-state index is 14.0. The van der Waals surface area contributed by atoms with Gasteiger partial charge in [-0.15, -0.1) is 0 Å². The molecule has 4 amide bonds. The Morgan fingerprint density at radius 2 is 2.04 bits per heavy atom. The van der Waals surface area contributed by atoms with Gasteiger partial charge in [0.2, 0.25) is 23.6 Å². The summed E-state index contributed by atoms with van der Waals surface area (Å²) in [5.74, 6) is -4.68. The zero-order valence-electron chi connectivity index (χ0n) is 15.5. The van der Waals surface area contributed by atoms with E-state index in [1.807, 2.05) is 6.92 Å². The minimum absolute atomic E-state index is 0.214. The highest BCUT2D eigenvalue weighted by atomic mass is 19.1. The minimum Gasteiger partial charge on any atom is -0.370 e. The fourth-order valence-corrected chi connectivity index (χ4v) is 4.80. The third kappa shape index (κ3) is 2.25. The highest BCUT2D eigenvalue weighted by Crippen LogP contribution is 2.53. The standard InChI is InChI=1S/C19H21FN4O4/c1-3-8(2)24-16(26)14-12(7-13(21)25)23-19(15(14)17(24)27)10-6-9(20)4-5-11(10)22-18(19)28/h4-6,8,12,14-15,23H,3,7H2,1-2H3,(H2,21,25)(H,22,28)/t8-,12-,14-,15+,19-/m1/s1. The number of nitrogens with one attached hydrogen (secondary N) is 2. The van der Waals surface area contributed by atoms with Gasteiger partial charge < -0.3 is 11.1 Å². The van der Waals surface area contributed by atoms with Crippen LogP contribution in [0, 0.1) is 17.7 Å². The SMILES string of the molecule is CC[C@@H](C)N1C(=O)[C@H]2[C@@H](C1=O)[C@@]1(N[C@@H]2CC(N)=O)C(=O)Nc2ccc(F)cc21. The van der Waals surface area contributed by atoms with Crippen LogP contribution in [-0.4, -0.2) is 40.6 Å². The van der Waals surface area contributed by atoms with Crippen molar-refractivity contribution in [1.29, 1.82) is 0 Å². The van der Waals surface area contributed by atoms with Gasteiger partial charge in [0.1, 0.15) is 11.4 Å². The number of carbonyl (C=O) groups is 4. The Bertz CT molecular complexity index is 919. The number of benzene rings is 1. The molecule has 3 heterocycles. The van der Waals surface area contributed by atoms with E-state index in [-0.39, 0.29) is 18.0 Å². The van der Waals surface area contributed by atoms with Gasteiger partial charge in [0.05, 0.1) is 11.8 Å². The highest BCUT2D eigenvalue weighted by molar-refractivity contribution is 6.15. The van der Waals surface area contributed by atoms with Crippen molar-refractivity contribution in [3.05, 3.63) is 29.6 Å². The van der Waals surface area contributed by atoms with Gasteiger partial charge in [-0.05, 0) is 31.5 Å². The van der Waals surface area contributed by atoms with E-state index < -0.39 is 52.9 Å². The first kappa shape index (κ1) is 18.5. The largest absolute Gasteiger partial charge is 0.370 e. The molecule has 0 radical (unpaired) electrons. The molecule has 2 saturated heterocycles. The molecule has 1 aromatic rings. The normalized spacial score (nSPS) is 31.9. The average molecular weight is 388 g/mol. The second kappa shape index (κ2) is 6.10. The average Bonchev–Trinajstić information content (AvgIpc) is 3.20. The molecule has 3 aliphatic heterocycles. The first-order valence-corrected chi connectivity index (χ1v) is 9.26. The van der Waals surface area contributed by atoms with E-state index in [4.69, 9.17) is 5.73 Å². The summed E-state index contributed by atoms with van der Waals surface area (Å²) in [7, 11) is 0. The summed E-state index contributed by atoms with van der Waals surface area (Å²) >= 11 is 0. The smallest absolute Gasteiger partial charge is 0.250 e. The van der Waals surface area contributed by atoms with Crippen LogP contribution < -0.4 is 16.4 Å². The molecule has 2 fully saturated rings. The summed E-state index contributed by atoms with van der Waals surface area (Å²) in [5, 5.41) is 5.69. The number of hydrogen-bond acceptors (Lipinski definition) is 5. The Morgan fingerprint density at radius 1 is 1.32 bits per heavy atom. The van der Waals surface area contributed by atoms with Gasteiger partial charge in [-0.3, -0.25) is 29.4 Å². The fraction of sp³-hybridized carbons (Fsp3) is 0.474. The second-order valence-corrected chi connectivity index (χ2v) is 7.68. The summed E-state index contributed by atoms with van der Waals surface area (Å²) < 4.78 is 14.0. The Kier molecular flexibility index (Phi) is 4.04. The lowest BCUT2D eigenvalue weighted by Crippen LogP contribution is -2.54. The highest BCUT2D eigenvalue weighted by Gasteiger charge is 2.70. The topological polar surface area (TPSA) is 122 Å². The number of fused-ring (bicyclic) bond motifs is 4.